The molecule has 0 aliphatic rings. The molecule has 1 aromatic heterocycles. The van der Waals surface area contributed by atoms with Gasteiger partial charge in [0, 0.05) is 11.1 Å². The Bertz CT molecular complexity index is 1270. The van der Waals surface area contributed by atoms with E-state index in [1.807, 2.05) is 24.3 Å². The van der Waals surface area contributed by atoms with Crippen molar-refractivity contribution < 1.29 is 9.47 Å². The van der Waals surface area contributed by atoms with Crippen molar-refractivity contribution in [2.45, 2.75) is 0 Å². The van der Waals surface area contributed by atoms with Crippen molar-refractivity contribution >= 4 is 0 Å². The average Bonchev–Trinajstić information content (AvgIpc) is 2.93. The van der Waals surface area contributed by atoms with E-state index in [0.717, 1.165) is 56.3 Å². The van der Waals surface area contributed by atoms with E-state index in [0.29, 0.717) is 0 Å². The summed E-state index contributed by atoms with van der Waals surface area (Å²) in [6.45, 7) is 0. The van der Waals surface area contributed by atoms with E-state index in [4.69, 9.17) is 14.5 Å². The van der Waals surface area contributed by atoms with Crippen LogP contribution in [-0.4, -0.2) is 19.2 Å². The number of hydrogen-bond donors (Lipinski definition) is 0. The standard InChI is InChI=1S/C31H25NO2/c1-33-28-18-14-24(15-19-28)22-6-10-26(11-7-22)30-4-3-5-31(32-30)27-12-8-23(9-13-27)25-16-20-29(34-2)21-17-25/h3-21H,1-2H3. The molecular formula is C31H25NO2. The van der Waals surface area contributed by atoms with Crippen LogP contribution in [0.2, 0.25) is 0 Å². The van der Waals surface area contributed by atoms with Gasteiger partial charge in [-0.3, -0.25) is 0 Å². The number of rotatable bonds is 6. The Morgan fingerprint density at radius 1 is 0.382 bits per heavy atom. The summed E-state index contributed by atoms with van der Waals surface area (Å²) in [7, 11) is 3.36. The Balaban J connectivity index is 1.36. The summed E-state index contributed by atoms with van der Waals surface area (Å²) < 4.78 is 10.5. The van der Waals surface area contributed by atoms with Crippen LogP contribution in [0.25, 0.3) is 44.8 Å². The maximum absolute atomic E-state index is 5.25. The molecule has 0 aliphatic carbocycles. The number of benzene rings is 4. The fourth-order valence-corrected chi connectivity index (χ4v) is 3.99. The third-order valence-corrected chi connectivity index (χ3v) is 5.96. The molecule has 3 nitrogen and oxygen atoms in total. The van der Waals surface area contributed by atoms with E-state index >= 15 is 0 Å². The fraction of sp³-hybridized carbons (Fsp3) is 0.0645. The van der Waals surface area contributed by atoms with Gasteiger partial charge < -0.3 is 9.47 Å². The molecule has 34 heavy (non-hydrogen) atoms. The van der Waals surface area contributed by atoms with Gasteiger partial charge in [-0.1, -0.05) is 78.9 Å². The average molecular weight is 444 g/mol. The van der Waals surface area contributed by atoms with Gasteiger partial charge in [0.2, 0.25) is 0 Å². The van der Waals surface area contributed by atoms with Gasteiger partial charge in [-0.05, 0) is 58.7 Å². The van der Waals surface area contributed by atoms with Gasteiger partial charge in [-0.15, -0.1) is 0 Å². The zero-order valence-corrected chi connectivity index (χ0v) is 19.2. The Kier molecular flexibility index (Phi) is 6.09. The third kappa shape index (κ3) is 4.55. The van der Waals surface area contributed by atoms with Crippen LogP contribution >= 0.6 is 0 Å². The molecule has 0 N–H and O–H groups in total. The van der Waals surface area contributed by atoms with Crippen molar-refractivity contribution in [2.75, 3.05) is 14.2 Å². The van der Waals surface area contributed by atoms with E-state index in [1.165, 1.54) is 0 Å². The molecule has 0 aliphatic heterocycles. The quantitative estimate of drug-likeness (QED) is 0.269. The van der Waals surface area contributed by atoms with E-state index in [9.17, 15) is 0 Å². The van der Waals surface area contributed by atoms with E-state index in [1.54, 1.807) is 14.2 Å². The minimum Gasteiger partial charge on any atom is -0.497 e. The van der Waals surface area contributed by atoms with Crippen molar-refractivity contribution in [1.82, 2.24) is 4.98 Å². The van der Waals surface area contributed by atoms with E-state index in [2.05, 4.69) is 91.0 Å². The Hall–Kier alpha value is -4.37. The molecule has 4 aromatic carbocycles. The van der Waals surface area contributed by atoms with Crippen LogP contribution in [0.15, 0.2) is 115 Å². The normalized spacial score (nSPS) is 10.6. The summed E-state index contributed by atoms with van der Waals surface area (Å²) in [5.74, 6) is 1.72. The second-order valence-electron chi connectivity index (χ2n) is 8.02. The molecule has 5 aromatic rings. The predicted octanol–water partition coefficient (Wildman–Crippen LogP) is 7.77. The summed E-state index contributed by atoms with van der Waals surface area (Å²) >= 11 is 0. The highest BCUT2D eigenvalue weighted by molar-refractivity contribution is 5.72. The van der Waals surface area contributed by atoms with Crippen LogP contribution < -0.4 is 9.47 Å². The van der Waals surface area contributed by atoms with E-state index < -0.39 is 0 Å². The van der Waals surface area contributed by atoms with E-state index in [-0.39, 0.29) is 0 Å². The topological polar surface area (TPSA) is 31.4 Å². The molecule has 0 saturated carbocycles. The number of pyridine rings is 1. The van der Waals surface area contributed by atoms with Gasteiger partial charge in [0.05, 0.1) is 25.6 Å². The molecule has 1 heterocycles. The molecule has 5 rings (SSSR count). The second-order valence-corrected chi connectivity index (χ2v) is 8.02. The molecule has 0 amide bonds. The first-order chi connectivity index (χ1) is 16.7. The summed E-state index contributed by atoms with van der Waals surface area (Å²) in [4.78, 5) is 4.93. The summed E-state index contributed by atoms with van der Waals surface area (Å²) in [5, 5.41) is 0. The highest BCUT2D eigenvalue weighted by Crippen LogP contribution is 2.29. The van der Waals surface area contributed by atoms with Crippen LogP contribution in [-0.2, 0) is 0 Å². The van der Waals surface area contributed by atoms with Gasteiger partial charge in [-0.2, -0.15) is 0 Å². The molecule has 0 bridgehead atoms. The number of aromatic nitrogens is 1. The lowest BCUT2D eigenvalue weighted by atomic mass is 10.0. The largest absolute Gasteiger partial charge is 0.497 e. The van der Waals surface area contributed by atoms with Crippen LogP contribution in [0.5, 0.6) is 11.5 Å². The lowest BCUT2D eigenvalue weighted by Crippen LogP contribution is -1.89. The van der Waals surface area contributed by atoms with Crippen LogP contribution in [0.1, 0.15) is 0 Å². The molecule has 0 unspecified atom stereocenters. The van der Waals surface area contributed by atoms with Crippen molar-refractivity contribution in [3.05, 3.63) is 115 Å². The molecular weight excluding hydrogens is 418 g/mol. The highest BCUT2D eigenvalue weighted by Gasteiger charge is 2.06. The number of ether oxygens (including phenoxy) is 2. The van der Waals surface area contributed by atoms with Crippen molar-refractivity contribution in [1.29, 1.82) is 0 Å². The lowest BCUT2D eigenvalue weighted by Gasteiger charge is -2.08. The third-order valence-electron chi connectivity index (χ3n) is 5.96. The van der Waals surface area contributed by atoms with Crippen molar-refractivity contribution in [2.24, 2.45) is 0 Å². The van der Waals surface area contributed by atoms with Crippen LogP contribution in [0.3, 0.4) is 0 Å². The summed E-state index contributed by atoms with van der Waals surface area (Å²) in [5.41, 5.74) is 8.74. The van der Waals surface area contributed by atoms with Gasteiger partial charge in [0.15, 0.2) is 0 Å². The smallest absolute Gasteiger partial charge is 0.118 e. The fourth-order valence-electron chi connectivity index (χ4n) is 3.99. The summed E-state index contributed by atoms with van der Waals surface area (Å²) in [6, 6.07) is 39.4. The van der Waals surface area contributed by atoms with Crippen molar-refractivity contribution in [3.63, 3.8) is 0 Å². The van der Waals surface area contributed by atoms with Crippen LogP contribution in [0, 0.1) is 0 Å². The number of hydrogen-bond acceptors (Lipinski definition) is 3. The Morgan fingerprint density at radius 2 is 0.676 bits per heavy atom. The molecule has 3 heteroatoms. The van der Waals surface area contributed by atoms with Gasteiger partial charge in [0.25, 0.3) is 0 Å². The Labute approximate surface area is 200 Å². The maximum atomic E-state index is 5.25. The van der Waals surface area contributed by atoms with Crippen LogP contribution in [0.4, 0.5) is 0 Å². The zero-order chi connectivity index (χ0) is 23.3. The SMILES string of the molecule is COc1ccc(-c2ccc(-c3cccc(-c4ccc(-c5ccc(OC)cc5)cc4)n3)cc2)cc1. The second kappa shape index (κ2) is 9.63. The Morgan fingerprint density at radius 3 is 1.00 bits per heavy atom. The first-order valence-corrected chi connectivity index (χ1v) is 11.2. The van der Waals surface area contributed by atoms with Gasteiger partial charge in [-0.25, -0.2) is 4.98 Å². The monoisotopic (exact) mass is 443 g/mol. The predicted molar refractivity (Wildman–Crippen MR) is 139 cm³/mol. The lowest BCUT2D eigenvalue weighted by molar-refractivity contribution is 0.415. The molecule has 0 saturated heterocycles. The molecule has 166 valence electrons. The minimum absolute atomic E-state index is 0.860. The molecule has 0 fully saturated rings. The summed E-state index contributed by atoms with van der Waals surface area (Å²) in [6.07, 6.45) is 0. The molecule has 0 radical (unpaired) electrons. The maximum Gasteiger partial charge on any atom is 0.118 e. The zero-order valence-electron chi connectivity index (χ0n) is 19.2. The first-order valence-electron chi connectivity index (χ1n) is 11.2. The van der Waals surface area contributed by atoms with Crippen molar-refractivity contribution in [3.8, 4) is 56.3 Å². The highest BCUT2D eigenvalue weighted by atomic mass is 16.5. The minimum atomic E-state index is 0.860. The molecule has 0 atom stereocenters. The van der Waals surface area contributed by atoms with Gasteiger partial charge in [0.1, 0.15) is 11.5 Å². The first kappa shape index (κ1) is 21.5. The number of methoxy groups -OCH3 is 2. The number of nitrogens with zero attached hydrogens (tertiary/aromatic N) is 1. The van der Waals surface area contributed by atoms with Gasteiger partial charge >= 0.3 is 0 Å². The molecule has 0 spiro atoms.